The van der Waals surface area contributed by atoms with Gasteiger partial charge in [0.25, 0.3) is 0 Å². The summed E-state index contributed by atoms with van der Waals surface area (Å²) < 4.78 is 66.9. The molecule has 0 unspecified atom stereocenters. The predicted octanol–water partition coefficient (Wildman–Crippen LogP) is 5.96. The van der Waals surface area contributed by atoms with Gasteiger partial charge in [-0.05, 0) is 87.9 Å². The summed E-state index contributed by atoms with van der Waals surface area (Å²) in [5.74, 6) is -0.400. The van der Waals surface area contributed by atoms with Gasteiger partial charge in [0.1, 0.15) is 0 Å². The molecule has 0 N–H and O–H groups in total. The average molecular weight is 753 g/mol. The lowest BCUT2D eigenvalue weighted by molar-refractivity contribution is -0.572. The van der Waals surface area contributed by atoms with Gasteiger partial charge < -0.3 is 28.4 Å². The molecular weight excluding hydrogens is 692 g/mol. The summed E-state index contributed by atoms with van der Waals surface area (Å²) >= 11 is 0. The van der Waals surface area contributed by atoms with Crippen LogP contribution in [0.15, 0.2) is 0 Å². The van der Waals surface area contributed by atoms with Crippen LogP contribution >= 0.6 is 0 Å². The monoisotopic (exact) mass is 752 g/mol. The number of ether oxygens (including phenoxy) is 6. The van der Waals surface area contributed by atoms with Crippen LogP contribution in [0.5, 0.6) is 0 Å². The molecule has 0 aromatic carbocycles. The van der Waals surface area contributed by atoms with Crippen molar-refractivity contribution in [3.05, 3.63) is 0 Å². The summed E-state index contributed by atoms with van der Waals surface area (Å²) in [6.07, 6.45) is 8.01. The molecule has 0 radical (unpaired) electrons. The number of hydrogen-bond acceptors (Lipinski definition) is 12. The van der Waals surface area contributed by atoms with Gasteiger partial charge in [0.05, 0.1) is 35.9 Å². The quantitative estimate of drug-likeness (QED) is 0.315. The van der Waals surface area contributed by atoms with E-state index in [-0.39, 0.29) is 59.2 Å². The van der Waals surface area contributed by atoms with Gasteiger partial charge in [-0.25, -0.2) is 28.0 Å². The van der Waals surface area contributed by atoms with Crippen molar-refractivity contribution in [2.45, 2.75) is 178 Å². The highest BCUT2D eigenvalue weighted by Crippen LogP contribution is 2.64. The van der Waals surface area contributed by atoms with E-state index in [2.05, 4.69) is 27.7 Å². The molecule has 0 amide bonds. The molecule has 12 nitrogen and oxygen atoms in total. The molecule has 16 atom stereocenters. The van der Waals surface area contributed by atoms with E-state index in [4.69, 9.17) is 48.0 Å². The minimum absolute atomic E-state index is 0.0573. The van der Waals surface area contributed by atoms with Crippen LogP contribution in [0, 0.1) is 47.3 Å². The maximum absolute atomic E-state index is 12.6. The van der Waals surface area contributed by atoms with Gasteiger partial charge >= 0.3 is 0 Å². The molecule has 13 heteroatoms. The highest BCUT2D eigenvalue weighted by molar-refractivity contribution is 7.91. The third kappa shape index (κ3) is 5.15. The van der Waals surface area contributed by atoms with Gasteiger partial charge in [-0.2, -0.15) is 0 Å². The Morgan fingerprint density at radius 1 is 0.596 bits per heavy atom. The zero-order chi connectivity index (χ0) is 36.1. The average Bonchev–Trinajstić information content (AvgIpc) is 3.20. The molecule has 12 fully saturated rings. The van der Waals surface area contributed by atoms with Crippen LogP contribution in [0.2, 0.25) is 0 Å². The second-order valence-corrected chi connectivity index (χ2v) is 21.7. The molecular formula is C39H60O12S. The second-order valence-electron chi connectivity index (χ2n) is 19.4. The molecule has 10 aliphatic heterocycles. The Kier molecular flexibility index (Phi) is 8.15. The molecule has 10 saturated heterocycles. The first-order valence-corrected chi connectivity index (χ1v) is 22.4. The largest absolute Gasteiger partial charge is 0.347 e. The Balaban J connectivity index is 0.981. The molecule has 0 aromatic rings. The fourth-order valence-corrected chi connectivity index (χ4v) is 14.7. The van der Waals surface area contributed by atoms with Crippen molar-refractivity contribution in [3.63, 3.8) is 0 Å². The zero-order valence-electron chi connectivity index (χ0n) is 31.8. The van der Waals surface area contributed by atoms with E-state index in [1.54, 1.807) is 0 Å². The summed E-state index contributed by atoms with van der Waals surface area (Å²) in [6.45, 7) is 13.5. The first kappa shape index (κ1) is 35.9. The molecule has 0 aromatic heterocycles. The van der Waals surface area contributed by atoms with Gasteiger partial charge in [-0.3, -0.25) is 0 Å². The van der Waals surface area contributed by atoms with Crippen LogP contribution in [0.25, 0.3) is 0 Å². The summed E-state index contributed by atoms with van der Waals surface area (Å²) in [6, 6.07) is 0. The van der Waals surface area contributed by atoms with Gasteiger partial charge in [0, 0.05) is 50.4 Å². The number of rotatable bonds is 4. The minimum Gasteiger partial charge on any atom is -0.347 e. The minimum atomic E-state index is -3.13. The molecule has 2 aliphatic carbocycles. The SMILES string of the molecule is C[C@H]1[C@@H](CC2(C[C@H]3O[C@@H]4O[C@]5(C)CC[C@H]6[C@H](C)CC[C@@H]([C@H]3C)[C@@]46OO5)COC3(CCS(=O)(=O)CC3)O2)O[C@@H]2O[C@]3(C)CC[C@H]4[C@H](C)CC[C@@H]1[C@@]24OO3. The Labute approximate surface area is 308 Å². The highest BCUT2D eigenvalue weighted by Gasteiger charge is 2.72. The number of hydrogen-bond donors (Lipinski definition) is 0. The third-order valence-electron chi connectivity index (χ3n) is 16.3. The van der Waals surface area contributed by atoms with Gasteiger partial charge in [-0.1, -0.05) is 27.7 Å². The fraction of sp³-hybridized carbons (Fsp3) is 1.00. The number of sulfone groups is 1. The van der Waals surface area contributed by atoms with Crippen LogP contribution in [0.3, 0.4) is 0 Å². The van der Waals surface area contributed by atoms with E-state index < -0.39 is 56.6 Å². The molecule has 12 aliphatic rings. The van der Waals surface area contributed by atoms with Crippen LogP contribution in [-0.2, 0) is 57.8 Å². The van der Waals surface area contributed by atoms with E-state index in [9.17, 15) is 8.42 Å². The van der Waals surface area contributed by atoms with Crippen molar-refractivity contribution in [2.75, 3.05) is 18.1 Å². The van der Waals surface area contributed by atoms with Crippen molar-refractivity contribution in [2.24, 2.45) is 47.3 Å². The summed E-state index contributed by atoms with van der Waals surface area (Å²) in [7, 11) is -3.13. The van der Waals surface area contributed by atoms with Crippen molar-refractivity contribution in [3.8, 4) is 0 Å². The van der Waals surface area contributed by atoms with Gasteiger partial charge in [0.15, 0.2) is 39.4 Å². The molecule has 52 heavy (non-hydrogen) atoms. The maximum Gasteiger partial charge on any atom is 0.201 e. The van der Waals surface area contributed by atoms with Crippen LogP contribution < -0.4 is 0 Å². The Morgan fingerprint density at radius 2 is 1.08 bits per heavy atom. The fourth-order valence-electron chi connectivity index (χ4n) is 13.3. The summed E-state index contributed by atoms with van der Waals surface area (Å²) in [5, 5.41) is 0. The summed E-state index contributed by atoms with van der Waals surface area (Å²) in [4.78, 5) is 25.1. The van der Waals surface area contributed by atoms with Crippen LogP contribution in [0.4, 0.5) is 0 Å². The second kappa shape index (κ2) is 11.8. The standard InChI is InChI=1S/C39H60O12S/c1-22-7-9-28-24(3)30(43-32-38(28)26(22)11-13-34(5,45-32)48-50-38)19-36(21-42-37(47-36)15-17-52(40,41)18-16-37)20-31-25(4)29-10-8-23(2)27-12-14-35(6)46-33(44-31)39(27,29)51-49-35/h22-33H,7-21H2,1-6H3/t22-,23-,24-,25-,26+,27+,28+,29+,30-,31-,32-,33-,34+,35+,38-,39-/m1/s1. The first-order chi connectivity index (χ1) is 24.6. The molecule has 3 spiro atoms. The maximum atomic E-state index is 12.6. The Bertz CT molecular complexity index is 1450. The van der Waals surface area contributed by atoms with E-state index in [0.717, 1.165) is 51.4 Å². The Morgan fingerprint density at radius 3 is 1.56 bits per heavy atom. The highest BCUT2D eigenvalue weighted by atomic mass is 32.2. The smallest absolute Gasteiger partial charge is 0.201 e. The van der Waals surface area contributed by atoms with E-state index in [1.165, 1.54) is 0 Å². The van der Waals surface area contributed by atoms with E-state index in [0.29, 0.717) is 44.1 Å². The third-order valence-corrected chi connectivity index (χ3v) is 18.0. The Hall–Kier alpha value is -0.450. The first-order valence-electron chi connectivity index (χ1n) is 20.6. The van der Waals surface area contributed by atoms with Crippen molar-refractivity contribution in [1.29, 1.82) is 0 Å². The lowest BCUT2D eigenvalue weighted by Crippen LogP contribution is -2.71. The topological polar surface area (TPSA) is 126 Å². The molecule has 2 saturated carbocycles. The lowest BCUT2D eigenvalue weighted by Gasteiger charge is -2.61. The predicted molar refractivity (Wildman–Crippen MR) is 183 cm³/mol. The van der Waals surface area contributed by atoms with Crippen molar-refractivity contribution < 1.29 is 56.4 Å². The lowest BCUT2D eigenvalue weighted by atomic mass is 9.56. The van der Waals surface area contributed by atoms with Crippen molar-refractivity contribution in [1.82, 2.24) is 0 Å². The van der Waals surface area contributed by atoms with Crippen LogP contribution in [-0.4, -0.2) is 85.5 Å². The molecule has 294 valence electrons. The van der Waals surface area contributed by atoms with E-state index >= 15 is 0 Å². The summed E-state index contributed by atoms with van der Waals surface area (Å²) in [5.41, 5.74) is -2.09. The zero-order valence-corrected chi connectivity index (χ0v) is 32.7. The molecule has 12 rings (SSSR count). The van der Waals surface area contributed by atoms with Gasteiger partial charge in [-0.15, -0.1) is 0 Å². The number of fused-ring (bicyclic) bond motifs is 4. The van der Waals surface area contributed by atoms with E-state index in [1.807, 2.05) is 13.8 Å². The van der Waals surface area contributed by atoms with Gasteiger partial charge in [0.2, 0.25) is 11.6 Å². The normalized spacial score (nSPS) is 56.7. The van der Waals surface area contributed by atoms with Crippen LogP contribution in [0.1, 0.15) is 119 Å². The molecule has 10 heterocycles. The van der Waals surface area contributed by atoms with Crippen molar-refractivity contribution >= 4 is 9.84 Å². The molecule has 4 bridgehead atoms.